The summed E-state index contributed by atoms with van der Waals surface area (Å²) in [5.41, 5.74) is 8.35. The quantitative estimate of drug-likeness (QED) is 0.338. The molecule has 0 spiro atoms. The van der Waals surface area contributed by atoms with Gasteiger partial charge in [-0.25, -0.2) is 9.97 Å². The van der Waals surface area contributed by atoms with E-state index in [0.29, 0.717) is 24.4 Å². The molecular formula is C32H30N4O2. The van der Waals surface area contributed by atoms with Gasteiger partial charge in [0.15, 0.2) is 0 Å². The highest BCUT2D eigenvalue weighted by Crippen LogP contribution is 2.52. The van der Waals surface area contributed by atoms with Crippen LogP contribution in [0.3, 0.4) is 0 Å². The molecule has 0 saturated heterocycles. The molecular weight excluding hydrogens is 472 g/mol. The lowest BCUT2D eigenvalue weighted by Gasteiger charge is -2.33. The molecule has 190 valence electrons. The molecule has 0 N–H and O–H groups in total. The van der Waals surface area contributed by atoms with E-state index in [1.165, 1.54) is 27.8 Å². The third kappa shape index (κ3) is 3.06. The molecule has 5 atom stereocenters. The number of nitrogens with zero attached hydrogens (tertiary/aromatic N) is 4. The standard InChI is InChI=1S/C32H30N4O2/c37-28-11-4-3-8-23(28)32-25-10-5-9-20(30(25)27-16-34-18-36(27)32)19-12-13-24(29(38)14-19)31-22-7-2-1-6-21(22)26-15-33-17-35(26)31/h1-2,5-7,9-10,15-19,23-24,31-32H,3-4,8,11-14H2/t19?,23-,24+,31-,32-/m0/s1. The Balaban J connectivity index is 1.13. The number of imidazole rings is 2. The number of carbonyl (C=O) groups excluding carboxylic acids is 2. The number of Topliss-reactive ketones (excluding diaryl/α,β-unsaturated/α-hetero) is 2. The van der Waals surface area contributed by atoms with Gasteiger partial charge in [0.1, 0.15) is 11.6 Å². The lowest BCUT2D eigenvalue weighted by molar-refractivity contribution is -0.126. The first-order valence-corrected chi connectivity index (χ1v) is 14.0. The maximum atomic E-state index is 13.9. The van der Waals surface area contributed by atoms with Gasteiger partial charge in [0.05, 0.1) is 48.5 Å². The monoisotopic (exact) mass is 502 g/mol. The Morgan fingerprint density at radius 2 is 1.39 bits per heavy atom. The van der Waals surface area contributed by atoms with E-state index in [-0.39, 0.29) is 29.8 Å². The fraction of sp³-hybridized carbons (Fsp3) is 0.375. The van der Waals surface area contributed by atoms with Crippen LogP contribution in [0.25, 0.3) is 22.5 Å². The van der Waals surface area contributed by atoms with Gasteiger partial charge in [0.2, 0.25) is 0 Å². The summed E-state index contributed by atoms with van der Waals surface area (Å²) in [5.74, 6) is 0.864. The fourth-order valence-corrected chi connectivity index (χ4v) is 8.02. The van der Waals surface area contributed by atoms with Crippen LogP contribution in [0.5, 0.6) is 0 Å². The second-order valence-electron chi connectivity index (χ2n) is 11.5. The molecule has 4 aromatic rings. The first kappa shape index (κ1) is 22.2. The smallest absolute Gasteiger partial charge is 0.139 e. The van der Waals surface area contributed by atoms with Crippen molar-refractivity contribution in [3.63, 3.8) is 0 Å². The molecule has 38 heavy (non-hydrogen) atoms. The number of rotatable bonds is 3. The van der Waals surface area contributed by atoms with Gasteiger partial charge in [-0.2, -0.15) is 0 Å². The van der Waals surface area contributed by atoms with Crippen molar-refractivity contribution >= 4 is 11.6 Å². The molecule has 0 amide bonds. The van der Waals surface area contributed by atoms with Crippen LogP contribution in [0.4, 0.5) is 0 Å². The number of aromatic nitrogens is 4. The van der Waals surface area contributed by atoms with Crippen molar-refractivity contribution in [1.82, 2.24) is 19.1 Å². The van der Waals surface area contributed by atoms with Crippen LogP contribution in [0.1, 0.15) is 79.6 Å². The van der Waals surface area contributed by atoms with E-state index >= 15 is 0 Å². The van der Waals surface area contributed by atoms with Gasteiger partial charge >= 0.3 is 0 Å². The Bertz CT molecular complexity index is 1600. The SMILES string of the molecule is O=C1CC(c2cccc3c2-c2cncn2[C@H]3[C@H]2CCCCC2=O)CC[C@H]1[C@@H]1c2ccccc2-c2cncn21. The van der Waals surface area contributed by atoms with E-state index < -0.39 is 0 Å². The van der Waals surface area contributed by atoms with Gasteiger partial charge in [-0.05, 0) is 48.3 Å². The normalized spacial score (nSPS) is 27.6. The summed E-state index contributed by atoms with van der Waals surface area (Å²) in [7, 11) is 0. The molecule has 2 aliphatic heterocycles. The van der Waals surface area contributed by atoms with E-state index in [2.05, 4.69) is 61.6 Å². The summed E-state index contributed by atoms with van der Waals surface area (Å²) in [4.78, 5) is 35.7. The van der Waals surface area contributed by atoms with Crippen LogP contribution in [-0.2, 0) is 9.59 Å². The molecule has 4 aliphatic rings. The zero-order valence-electron chi connectivity index (χ0n) is 21.3. The maximum Gasteiger partial charge on any atom is 0.139 e. The van der Waals surface area contributed by atoms with Gasteiger partial charge in [-0.15, -0.1) is 0 Å². The predicted molar refractivity (Wildman–Crippen MR) is 144 cm³/mol. The second-order valence-corrected chi connectivity index (χ2v) is 11.5. The van der Waals surface area contributed by atoms with Crippen LogP contribution in [0, 0.1) is 11.8 Å². The molecule has 0 radical (unpaired) electrons. The minimum Gasteiger partial charge on any atom is -0.322 e. The summed E-state index contributed by atoms with van der Waals surface area (Å²) < 4.78 is 4.43. The molecule has 6 nitrogen and oxygen atoms in total. The van der Waals surface area contributed by atoms with E-state index in [1.807, 2.05) is 25.0 Å². The highest BCUT2D eigenvalue weighted by atomic mass is 16.1. The van der Waals surface area contributed by atoms with Gasteiger partial charge in [-0.1, -0.05) is 48.9 Å². The van der Waals surface area contributed by atoms with E-state index in [9.17, 15) is 9.59 Å². The molecule has 2 aromatic heterocycles. The van der Waals surface area contributed by atoms with E-state index in [0.717, 1.165) is 43.5 Å². The average molecular weight is 503 g/mol. The van der Waals surface area contributed by atoms with Gasteiger partial charge in [0.25, 0.3) is 0 Å². The minimum absolute atomic E-state index is 0.0115. The van der Waals surface area contributed by atoms with E-state index in [1.54, 1.807) is 0 Å². The highest BCUT2D eigenvalue weighted by Gasteiger charge is 2.43. The predicted octanol–water partition coefficient (Wildman–Crippen LogP) is 6.13. The van der Waals surface area contributed by atoms with Crippen molar-refractivity contribution in [3.8, 4) is 22.5 Å². The number of ketones is 2. The van der Waals surface area contributed by atoms with Crippen molar-refractivity contribution in [3.05, 3.63) is 84.2 Å². The number of benzene rings is 2. The maximum absolute atomic E-state index is 13.9. The molecule has 2 saturated carbocycles. The zero-order valence-corrected chi connectivity index (χ0v) is 21.3. The van der Waals surface area contributed by atoms with Crippen molar-refractivity contribution < 1.29 is 9.59 Å². The van der Waals surface area contributed by atoms with Gasteiger partial charge in [-0.3, -0.25) is 9.59 Å². The summed E-state index contributed by atoms with van der Waals surface area (Å²) in [6, 6.07) is 15.0. The first-order valence-electron chi connectivity index (χ1n) is 14.0. The van der Waals surface area contributed by atoms with Gasteiger partial charge < -0.3 is 9.13 Å². The molecule has 8 rings (SSSR count). The summed E-state index contributed by atoms with van der Waals surface area (Å²) >= 11 is 0. The van der Waals surface area contributed by atoms with Crippen LogP contribution >= 0.6 is 0 Å². The molecule has 2 aliphatic carbocycles. The van der Waals surface area contributed by atoms with Crippen molar-refractivity contribution in [2.24, 2.45) is 11.8 Å². The Labute approximate surface area is 221 Å². The molecule has 1 unspecified atom stereocenters. The van der Waals surface area contributed by atoms with Crippen molar-refractivity contribution in [1.29, 1.82) is 0 Å². The minimum atomic E-state index is -0.0438. The van der Waals surface area contributed by atoms with Crippen LogP contribution in [0.15, 0.2) is 67.5 Å². The zero-order chi connectivity index (χ0) is 25.4. The Morgan fingerprint density at radius 1 is 0.684 bits per heavy atom. The van der Waals surface area contributed by atoms with Crippen LogP contribution < -0.4 is 0 Å². The molecule has 2 fully saturated rings. The number of carbonyl (C=O) groups is 2. The van der Waals surface area contributed by atoms with Crippen LogP contribution in [-0.4, -0.2) is 30.7 Å². The van der Waals surface area contributed by atoms with Crippen molar-refractivity contribution in [2.75, 3.05) is 0 Å². The first-order chi connectivity index (χ1) is 18.7. The van der Waals surface area contributed by atoms with Crippen LogP contribution in [0.2, 0.25) is 0 Å². The average Bonchev–Trinajstić information content (AvgIpc) is 3.71. The lowest BCUT2D eigenvalue weighted by Crippen LogP contribution is -2.31. The summed E-state index contributed by atoms with van der Waals surface area (Å²) in [6.07, 6.45) is 13.7. The van der Waals surface area contributed by atoms with Gasteiger partial charge in [0, 0.05) is 35.8 Å². The Kier molecular flexibility index (Phi) is 4.88. The topological polar surface area (TPSA) is 69.8 Å². The molecule has 6 heteroatoms. The molecule has 0 bridgehead atoms. The number of hydrogen-bond acceptors (Lipinski definition) is 4. The fourth-order valence-electron chi connectivity index (χ4n) is 8.02. The lowest BCUT2D eigenvalue weighted by atomic mass is 9.72. The Morgan fingerprint density at radius 3 is 2.24 bits per heavy atom. The van der Waals surface area contributed by atoms with E-state index in [4.69, 9.17) is 0 Å². The van der Waals surface area contributed by atoms with Crippen molar-refractivity contribution in [2.45, 2.75) is 62.9 Å². The number of fused-ring (bicyclic) bond motifs is 6. The Hall–Kier alpha value is -3.80. The largest absolute Gasteiger partial charge is 0.322 e. The third-order valence-electron chi connectivity index (χ3n) is 9.68. The summed E-state index contributed by atoms with van der Waals surface area (Å²) in [6.45, 7) is 0. The highest BCUT2D eigenvalue weighted by molar-refractivity contribution is 5.87. The third-order valence-corrected chi connectivity index (χ3v) is 9.68. The second kappa shape index (κ2) is 8.35. The molecule has 2 aromatic carbocycles. The number of hydrogen-bond donors (Lipinski definition) is 0. The summed E-state index contributed by atoms with van der Waals surface area (Å²) in [5, 5.41) is 0. The molecule has 4 heterocycles.